The standard InChI is InChI=1S/C17H24N6O4S.HI/c1-18-17(22(3)13-15-7-5-11-21(15)2)19-9-10-20-28(26,27)16-8-4-6-14(12-16)23(24)25;/h4-8,11-12,20H,9-10,13H2,1-3H3,(H,18,19);1H. The van der Waals surface area contributed by atoms with E-state index in [0.717, 1.165) is 11.8 Å². The van der Waals surface area contributed by atoms with E-state index in [-0.39, 0.29) is 41.1 Å². The Morgan fingerprint density at radius 3 is 2.59 bits per heavy atom. The molecule has 0 radical (unpaired) electrons. The zero-order valence-electron chi connectivity index (χ0n) is 16.4. The molecule has 0 aliphatic rings. The minimum atomic E-state index is -3.84. The largest absolute Gasteiger partial charge is 0.355 e. The number of nitro groups is 1. The van der Waals surface area contributed by atoms with Crippen molar-refractivity contribution in [1.29, 1.82) is 0 Å². The molecule has 0 spiro atoms. The number of sulfonamides is 1. The Kier molecular flexibility index (Phi) is 9.52. The van der Waals surface area contributed by atoms with Gasteiger partial charge in [0.05, 0.1) is 16.4 Å². The van der Waals surface area contributed by atoms with Gasteiger partial charge in [0.25, 0.3) is 5.69 Å². The second kappa shape index (κ2) is 11.1. The number of rotatable bonds is 8. The third-order valence-corrected chi connectivity index (χ3v) is 5.52. The lowest BCUT2D eigenvalue weighted by molar-refractivity contribution is -0.385. The molecule has 0 saturated carbocycles. The predicted molar refractivity (Wildman–Crippen MR) is 122 cm³/mol. The highest BCUT2D eigenvalue weighted by Gasteiger charge is 2.17. The van der Waals surface area contributed by atoms with E-state index in [1.807, 2.05) is 41.9 Å². The van der Waals surface area contributed by atoms with Crippen LogP contribution in [0.15, 0.2) is 52.5 Å². The van der Waals surface area contributed by atoms with Crippen LogP contribution >= 0.6 is 24.0 Å². The quantitative estimate of drug-likeness (QED) is 0.132. The molecular formula is C17H25IN6O4S. The Morgan fingerprint density at radius 1 is 1.28 bits per heavy atom. The van der Waals surface area contributed by atoms with Crippen molar-refractivity contribution < 1.29 is 13.3 Å². The molecule has 29 heavy (non-hydrogen) atoms. The molecule has 0 aliphatic carbocycles. The van der Waals surface area contributed by atoms with Crippen LogP contribution in [0.25, 0.3) is 0 Å². The SMILES string of the molecule is CN=C(NCCNS(=O)(=O)c1cccc([N+](=O)[O-])c1)N(C)Cc1cccn1C.I. The Morgan fingerprint density at radius 2 is 2.00 bits per heavy atom. The van der Waals surface area contributed by atoms with Gasteiger partial charge in [-0.2, -0.15) is 0 Å². The second-order valence-electron chi connectivity index (χ2n) is 6.09. The van der Waals surface area contributed by atoms with Crippen molar-refractivity contribution in [3.8, 4) is 0 Å². The average molecular weight is 536 g/mol. The zero-order valence-corrected chi connectivity index (χ0v) is 19.5. The van der Waals surface area contributed by atoms with Crippen molar-refractivity contribution in [1.82, 2.24) is 19.5 Å². The van der Waals surface area contributed by atoms with E-state index in [1.165, 1.54) is 18.2 Å². The normalized spacial score (nSPS) is 11.6. The maximum atomic E-state index is 12.3. The highest BCUT2D eigenvalue weighted by molar-refractivity contribution is 14.0. The first-order chi connectivity index (χ1) is 13.2. The van der Waals surface area contributed by atoms with E-state index < -0.39 is 14.9 Å². The van der Waals surface area contributed by atoms with Crippen LogP contribution in [0.1, 0.15) is 5.69 Å². The number of hydrogen-bond donors (Lipinski definition) is 2. The molecule has 0 unspecified atom stereocenters. The van der Waals surface area contributed by atoms with Crippen LogP contribution in [0.4, 0.5) is 5.69 Å². The Labute approximate surface area is 187 Å². The lowest BCUT2D eigenvalue weighted by atomic mass is 10.3. The van der Waals surface area contributed by atoms with Gasteiger partial charge in [0, 0.05) is 58.3 Å². The van der Waals surface area contributed by atoms with Crippen molar-refractivity contribution in [3.63, 3.8) is 0 Å². The Hall–Kier alpha value is -2.19. The molecule has 10 nitrogen and oxygen atoms in total. The van der Waals surface area contributed by atoms with E-state index in [0.29, 0.717) is 19.0 Å². The molecule has 12 heteroatoms. The fourth-order valence-electron chi connectivity index (χ4n) is 2.57. The summed E-state index contributed by atoms with van der Waals surface area (Å²) in [6, 6.07) is 8.90. The zero-order chi connectivity index (χ0) is 20.7. The maximum absolute atomic E-state index is 12.3. The number of guanidine groups is 1. The van der Waals surface area contributed by atoms with Crippen LogP contribution in [-0.2, 0) is 23.6 Å². The van der Waals surface area contributed by atoms with E-state index >= 15 is 0 Å². The fraction of sp³-hybridized carbons (Fsp3) is 0.353. The summed E-state index contributed by atoms with van der Waals surface area (Å²) in [5.74, 6) is 0.621. The van der Waals surface area contributed by atoms with Gasteiger partial charge in [0.15, 0.2) is 5.96 Å². The van der Waals surface area contributed by atoms with E-state index in [9.17, 15) is 18.5 Å². The van der Waals surface area contributed by atoms with Crippen LogP contribution in [-0.4, -0.2) is 56.0 Å². The summed E-state index contributed by atoms with van der Waals surface area (Å²) in [6.07, 6.45) is 1.96. The van der Waals surface area contributed by atoms with Gasteiger partial charge in [0.1, 0.15) is 0 Å². The number of halogens is 1. The first-order valence-corrected chi connectivity index (χ1v) is 9.99. The van der Waals surface area contributed by atoms with Crippen molar-refractivity contribution in [2.75, 3.05) is 27.2 Å². The minimum absolute atomic E-state index is 0. The number of non-ortho nitro benzene ring substituents is 1. The van der Waals surface area contributed by atoms with Crippen LogP contribution in [0.3, 0.4) is 0 Å². The number of aromatic nitrogens is 1. The summed E-state index contributed by atoms with van der Waals surface area (Å²) in [7, 11) is 1.66. The molecule has 0 atom stereocenters. The molecule has 160 valence electrons. The third-order valence-electron chi connectivity index (χ3n) is 4.06. The Balaban J connectivity index is 0.00000420. The monoisotopic (exact) mass is 536 g/mol. The molecule has 0 aliphatic heterocycles. The summed E-state index contributed by atoms with van der Waals surface area (Å²) < 4.78 is 29.0. The molecule has 0 saturated heterocycles. The van der Waals surface area contributed by atoms with E-state index in [2.05, 4.69) is 15.0 Å². The molecule has 2 rings (SSSR count). The lowest BCUT2D eigenvalue weighted by Gasteiger charge is -2.22. The Bertz CT molecular complexity index is 960. The number of aryl methyl sites for hydroxylation is 1. The summed E-state index contributed by atoms with van der Waals surface area (Å²) in [4.78, 5) is 16.1. The summed E-state index contributed by atoms with van der Waals surface area (Å²) in [5.41, 5.74) is 0.834. The molecular weight excluding hydrogens is 511 g/mol. The average Bonchev–Trinajstić information content (AvgIpc) is 3.06. The number of aliphatic imine (C=N–C) groups is 1. The molecule has 0 fully saturated rings. The fourth-order valence-corrected chi connectivity index (χ4v) is 3.64. The number of nitro benzene ring substituents is 1. The number of nitrogens with zero attached hydrogens (tertiary/aromatic N) is 4. The predicted octanol–water partition coefficient (Wildman–Crippen LogP) is 1.54. The summed E-state index contributed by atoms with van der Waals surface area (Å²) >= 11 is 0. The topological polar surface area (TPSA) is 122 Å². The highest BCUT2D eigenvalue weighted by Crippen LogP contribution is 2.16. The second-order valence-corrected chi connectivity index (χ2v) is 7.86. The molecule has 1 heterocycles. The van der Waals surface area contributed by atoms with Gasteiger partial charge in [-0.1, -0.05) is 6.07 Å². The molecule has 2 aromatic rings. The summed E-state index contributed by atoms with van der Waals surface area (Å²) in [6.45, 7) is 1.04. The van der Waals surface area contributed by atoms with Gasteiger partial charge in [-0.15, -0.1) is 24.0 Å². The van der Waals surface area contributed by atoms with Crippen molar-refractivity contribution >= 4 is 45.6 Å². The van der Waals surface area contributed by atoms with Gasteiger partial charge in [0.2, 0.25) is 10.0 Å². The number of nitrogens with one attached hydrogen (secondary N) is 2. The van der Waals surface area contributed by atoms with Crippen LogP contribution in [0.5, 0.6) is 0 Å². The van der Waals surface area contributed by atoms with Gasteiger partial charge in [-0.3, -0.25) is 15.1 Å². The van der Waals surface area contributed by atoms with Gasteiger partial charge < -0.3 is 14.8 Å². The van der Waals surface area contributed by atoms with E-state index in [1.54, 1.807) is 7.05 Å². The molecule has 0 amide bonds. The number of benzene rings is 1. The first-order valence-electron chi connectivity index (χ1n) is 8.50. The van der Waals surface area contributed by atoms with Crippen molar-refractivity contribution in [2.45, 2.75) is 11.4 Å². The van der Waals surface area contributed by atoms with Crippen LogP contribution in [0, 0.1) is 10.1 Å². The molecule has 0 bridgehead atoms. The van der Waals surface area contributed by atoms with E-state index in [4.69, 9.17) is 0 Å². The van der Waals surface area contributed by atoms with Crippen molar-refractivity contribution in [3.05, 3.63) is 58.4 Å². The highest BCUT2D eigenvalue weighted by atomic mass is 127. The van der Waals surface area contributed by atoms with Crippen molar-refractivity contribution in [2.24, 2.45) is 12.0 Å². The smallest absolute Gasteiger partial charge is 0.270 e. The molecule has 1 aromatic carbocycles. The summed E-state index contributed by atoms with van der Waals surface area (Å²) in [5, 5.41) is 13.9. The number of hydrogen-bond acceptors (Lipinski definition) is 5. The molecule has 1 aromatic heterocycles. The first kappa shape index (κ1) is 24.8. The van der Waals surface area contributed by atoms with Crippen LogP contribution in [0.2, 0.25) is 0 Å². The third kappa shape index (κ3) is 6.97. The van der Waals surface area contributed by atoms with Gasteiger partial charge >= 0.3 is 0 Å². The maximum Gasteiger partial charge on any atom is 0.270 e. The lowest BCUT2D eigenvalue weighted by Crippen LogP contribution is -2.42. The van der Waals surface area contributed by atoms with Crippen LogP contribution < -0.4 is 10.0 Å². The minimum Gasteiger partial charge on any atom is -0.355 e. The van der Waals surface area contributed by atoms with Gasteiger partial charge in [-0.05, 0) is 18.2 Å². The molecule has 2 N–H and O–H groups in total. The van der Waals surface area contributed by atoms with Gasteiger partial charge in [-0.25, -0.2) is 13.1 Å².